The molecular formula is C23H22ClN5O3S. The van der Waals surface area contributed by atoms with Gasteiger partial charge in [-0.15, -0.1) is 0 Å². The second kappa shape index (κ2) is 8.92. The molecule has 0 radical (unpaired) electrons. The molecule has 2 heterocycles. The Morgan fingerprint density at radius 1 is 1.06 bits per heavy atom. The van der Waals surface area contributed by atoms with E-state index in [0.29, 0.717) is 10.7 Å². The molecule has 0 saturated heterocycles. The number of halogens is 1. The van der Waals surface area contributed by atoms with Crippen molar-refractivity contribution >= 4 is 46.1 Å². The lowest BCUT2D eigenvalue weighted by Crippen LogP contribution is -2.37. The number of aromatic nitrogens is 4. The smallest absolute Gasteiger partial charge is 0.323 e. The summed E-state index contributed by atoms with van der Waals surface area (Å²) in [6, 6.07) is 11.5. The van der Waals surface area contributed by atoms with E-state index in [-0.39, 0.29) is 23.6 Å². The van der Waals surface area contributed by atoms with Gasteiger partial charge in [-0.05, 0) is 43.7 Å². The third-order valence-corrected chi connectivity index (χ3v) is 6.79. The van der Waals surface area contributed by atoms with Gasteiger partial charge in [-0.2, -0.15) is 0 Å². The maximum absolute atomic E-state index is 12.9. The van der Waals surface area contributed by atoms with Gasteiger partial charge in [-0.1, -0.05) is 41.1 Å². The summed E-state index contributed by atoms with van der Waals surface area (Å²) in [5.74, 6) is -0.352. The second-order valence-electron chi connectivity index (χ2n) is 7.81. The molecule has 0 spiro atoms. The first-order valence-electron chi connectivity index (χ1n) is 10.1. The Labute approximate surface area is 198 Å². The van der Waals surface area contributed by atoms with Crippen LogP contribution < -0.4 is 16.6 Å². The van der Waals surface area contributed by atoms with E-state index >= 15 is 0 Å². The topological polar surface area (TPSA) is 90.9 Å². The first-order chi connectivity index (χ1) is 15.7. The lowest BCUT2D eigenvalue weighted by molar-refractivity contribution is -0.116. The van der Waals surface area contributed by atoms with Gasteiger partial charge >= 0.3 is 5.69 Å². The minimum Gasteiger partial charge on any atom is -0.323 e. The van der Waals surface area contributed by atoms with Crippen molar-refractivity contribution in [3.05, 3.63) is 79.7 Å². The standard InChI is InChI=1S/C23H22ClN5O3S/c1-13-5-7-17(14(2)9-13)33-18-8-6-15(24)10-16(18)26-19(30)11-29-12-25-21-20(29)22(31)28(4)23(32)27(21)3/h5-10,12H,11H2,1-4H3,(H,26,30). The number of fused-ring (bicyclic) bond motifs is 1. The number of amides is 1. The number of nitrogens with zero attached hydrogens (tertiary/aromatic N) is 4. The molecule has 0 aliphatic carbocycles. The monoisotopic (exact) mass is 483 g/mol. The van der Waals surface area contributed by atoms with Gasteiger partial charge in [-0.3, -0.25) is 18.7 Å². The molecule has 4 rings (SSSR count). The number of carbonyl (C=O) groups is 1. The zero-order chi connectivity index (χ0) is 23.9. The molecule has 33 heavy (non-hydrogen) atoms. The molecule has 0 atom stereocenters. The van der Waals surface area contributed by atoms with Crippen molar-refractivity contribution < 1.29 is 4.79 Å². The van der Waals surface area contributed by atoms with Crippen LogP contribution in [-0.4, -0.2) is 24.6 Å². The van der Waals surface area contributed by atoms with Gasteiger partial charge in [0.1, 0.15) is 6.54 Å². The summed E-state index contributed by atoms with van der Waals surface area (Å²) in [6.07, 6.45) is 1.38. The van der Waals surface area contributed by atoms with Crippen LogP contribution >= 0.6 is 23.4 Å². The molecule has 0 aliphatic rings. The van der Waals surface area contributed by atoms with Crippen LogP contribution in [0.5, 0.6) is 0 Å². The number of nitrogens with one attached hydrogen (secondary N) is 1. The highest BCUT2D eigenvalue weighted by Crippen LogP contribution is 2.37. The fourth-order valence-corrected chi connectivity index (χ4v) is 4.70. The van der Waals surface area contributed by atoms with Gasteiger partial charge in [0.2, 0.25) is 5.91 Å². The van der Waals surface area contributed by atoms with Crippen LogP contribution in [0.4, 0.5) is 5.69 Å². The van der Waals surface area contributed by atoms with Crippen molar-refractivity contribution in [3.8, 4) is 0 Å². The zero-order valence-corrected chi connectivity index (χ0v) is 20.1. The Morgan fingerprint density at radius 2 is 1.79 bits per heavy atom. The van der Waals surface area contributed by atoms with E-state index in [0.717, 1.165) is 19.9 Å². The summed E-state index contributed by atoms with van der Waals surface area (Å²) in [7, 11) is 2.92. The number of carbonyl (C=O) groups excluding carboxylic acids is 1. The van der Waals surface area contributed by atoms with Crippen LogP contribution in [0.2, 0.25) is 5.02 Å². The molecule has 0 saturated carbocycles. The van der Waals surface area contributed by atoms with E-state index < -0.39 is 11.2 Å². The summed E-state index contributed by atoms with van der Waals surface area (Å²) in [4.78, 5) is 43.7. The van der Waals surface area contributed by atoms with Gasteiger partial charge < -0.3 is 9.88 Å². The quantitative estimate of drug-likeness (QED) is 0.469. The van der Waals surface area contributed by atoms with Gasteiger partial charge in [0.25, 0.3) is 5.56 Å². The Morgan fingerprint density at radius 3 is 2.52 bits per heavy atom. The SMILES string of the molecule is Cc1ccc(Sc2ccc(Cl)cc2NC(=O)Cn2cnc3c2c(=O)n(C)c(=O)n3C)c(C)c1. The molecule has 0 bridgehead atoms. The molecule has 1 amide bonds. The Balaban J connectivity index is 1.63. The molecule has 10 heteroatoms. The molecule has 1 N–H and O–H groups in total. The van der Waals surface area contributed by atoms with Crippen molar-refractivity contribution in [2.24, 2.45) is 14.1 Å². The minimum absolute atomic E-state index is 0.149. The summed E-state index contributed by atoms with van der Waals surface area (Å²) < 4.78 is 3.71. The Bertz CT molecular complexity index is 1520. The summed E-state index contributed by atoms with van der Waals surface area (Å²) in [6.45, 7) is 3.94. The number of rotatable bonds is 5. The van der Waals surface area contributed by atoms with Gasteiger partial charge in [0, 0.05) is 28.9 Å². The van der Waals surface area contributed by atoms with E-state index in [1.54, 1.807) is 12.1 Å². The maximum atomic E-state index is 12.9. The number of benzene rings is 2. The van der Waals surface area contributed by atoms with Crippen LogP contribution in [0, 0.1) is 13.8 Å². The number of aryl methyl sites for hydroxylation is 3. The van der Waals surface area contributed by atoms with Crippen molar-refractivity contribution in [3.63, 3.8) is 0 Å². The fraction of sp³-hybridized carbons (Fsp3) is 0.217. The van der Waals surface area contributed by atoms with E-state index in [1.807, 2.05) is 32.0 Å². The van der Waals surface area contributed by atoms with E-state index in [9.17, 15) is 14.4 Å². The number of hydrogen-bond acceptors (Lipinski definition) is 5. The Kier molecular flexibility index (Phi) is 6.18. The highest BCUT2D eigenvalue weighted by atomic mass is 35.5. The number of hydrogen-bond donors (Lipinski definition) is 1. The summed E-state index contributed by atoms with van der Waals surface area (Å²) in [5.41, 5.74) is 2.32. The van der Waals surface area contributed by atoms with E-state index in [1.165, 1.54) is 46.9 Å². The molecule has 2 aromatic heterocycles. The Hall–Kier alpha value is -3.30. The maximum Gasteiger partial charge on any atom is 0.332 e. The van der Waals surface area contributed by atoms with E-state index in [4.69, 9.17) is 11.6 Å². The molecule has 0 unspecified atom stereocenters. The summed E-state index contributed by atoms with van der Waals surface area (Å²) in [5, 5.41) is 3.39. The van der Waals surface area contributed by atoms with Crippen molar-refractivity contribution in [1.29, 1.82) is 0 Å². The molecule has 4 aromatic rings. The van der Waals surface area contributed by atoms with Crippen LogP contribution in [0.3, 0.4) is 0 Å². The molecule has 0 aliphatic heterocycles. The average Bonchev–Trinajstić information content (AvgIpc) is 3.17. The minimum atomic E-state index is -0.507. The predicted octanol–water partition coefficient (Wildman–Crippen LogP) is 3.49. The average molecular weight is 484 g/mol. The van der Waals surface area contributed by atoms with E-state index in [2.05, 4.69) is 16.4 Å². The number of imidazole rings is 1. The second-order valence-corrected chi connectivity index (χ2v) is 9.33. The highest BCUT2D eigenvalue weighted by molar-refractivity contribution is 7.99. The third kappa shape index (κ3) is 4.46. The lowest BCUT2D eigenvalue weighted by Gasteiger charge is -2.13. The normalized spacial score (nSPS) is 11.2. The third-order valence-electron chi connectivity index (χ3n) is 5.30. The molecule has 170 valence electrons. The van der Waals surface area contributed by atoms with Crippen LogP contribution in [0.25, 0.3) is 11.2 Å². The van der Waals surface area contributed by atoms with Crippen LogP contribution in [0.15, 0.2) is 62.1 Å². The van der Waals surface area contributed by atoms with Crippen molar-refractivity contribution in [2.45, 2.75) is 30.2 Å². The predicted molar refractivity (Wildman–Crippen MR) is 130 cm³/mol. The molecular weight excluding hydrogens is 462 g/mol. The van der Waals surface area contributed by atoms with Gasteiger partial charge in [-0.25, -0.2) is 9.78 Å². The zero-order valence-electron chi connectivity index (χ0n) is 18.5. The molecule has 2 aromatic carbocycles. The highest BCUT2D eigenvalue weighted by Gasteiger charge is 2.17. The van der Waals surface area contributed by atoms with Crippen molar-refractivity contribution in [1.82, 2.24) is 18.7 Å². The number of anilines is 1. The first-order valence-corrected chi connectivity index (χ1v) is 11.3. The fourth-order valence-electron chi connectivity index (χ4n) is 3.58. The largest absolute Gasteiger partial charge is 0.332 e. The lowest BCUT2D eigenvalue weighted by atomic mass is 10.2. The molecule has 8 nitrogen and oxygen atoms in total. The van der Waals surface area contributed by atoms with Gasteiger partial charge in [0.05, 0.1) is 12.0 Å². The van der Waals surface area contributed by atoms with Crippen LogP contribution in [0.1, 0.15) is 11.1 Å². The molecule has 0 fully saturated rings. The van der Waals surface area contributed by atoms with Crippen molar-refractivity contribution in [2.75, 3.05) is 5.32 Å². The van der Waals surface area contributed by atoms with Gasteiger partial charge in [0.15, 0.2) is 11.2 Å². The summed E-state index contributed by atoms with van der Waals surface area (Å²) >= 11 is 7.73. The van der Waals surface area contributed by atoms with Crippen LogP contribution in [-0.2, 0) is 25.4 Å². The first kappa shape index (κ1) is 22.9.